The van der Waals surface area contributed by atoms with Crippen molar-refractivity contribution in [2.24, 2.45) is 0 Å². The van der Waals surface area contributed by atoms with Crippen LogP contribution in [0.3, 0.4) is 0 Å². The van der Waals surface area contributed by atoms with E-state index < -0.39 is 0 Å². The van der Waals surface area contributed by atoms with Crippen LogP contribution in [0.5, 0.6) is 5.75 Å². The zero-order chi connectivity index (χ0) is 9.90. The van der Waals surface area contributed by atoms with E-state index in [4.69, 9.17) is 4.74 Å². The highest BCUT2D eigenvalue weighted by Crippen LogP contribution is 2.15. The third kappa shape index (κ3) is 3.81. The molecule has 0 atom stereocenters. The van der Waals surface area contributed by atoms with Crippen LogP contribution in [0.1, 0.15) is 19.4 Å². The smallest absolute Gasteiger partial charge is 0.117 e. The summed E-state index contributed by atoms with van der Waals surface area (Å²) in [5.41, 5.74) is 1.11. The molecule has 71 valence electrons. The van der Waals surface area contributed by atoms with Gasteiger partial charge in [0.1, 0.15) is 5.75 Å². The Balaban J connectivity index is 2.75. The van der Waals surface area contributed by atoms with E-state index in [1.165, 1.54) is 0 Å². The van der Waals surface area contributed by atoms with Crippen molar-refractivity contribution in [3.05, 3.63) is 36.4 Å². The van der Waals surface area contributed by atoms with Gasteiger partial charge in [0, 0.05) is 0 Å². The van der Waals surface area contributed by atoms with Crippen molar-refractivity contribution in [3.8, 4) is 5.75 Å². The molecule has 2 heteroatoms. The van der Waals surface area contributed by atoms with Crippen molar-refractivity contribution in [1.29, 1.82) is 0 Å². The minimum atomic E-state index is -0.159. The maximum absolute atomic E-state index is 5.65. The maximum atomic E-state index is 5.65. The molecule has 0 spiro atoms. The lowest BCUT2D eigenvalue weighted by Crippen LogP contribution is -3.43. The van der Waals surface area contributed by atoms with Gasteiger partial charge in [-0.3, -0.25) is 0 Å². The Labute approximate surface area is 92.9 Å². The summed E-state index contributed by atoms with van der Waals surface area (Å²) in [5, 5.41) is 0. The third-order valence-corrected chi connectivity index (χ3v) is 1.70. The van der Waals surface area contributed by atoms with E-state index in [-0.39, 0.29) is 3.61 Å². The van der Waals surface area contributed by atoms with E-state index in [0.717, 1.165) is 11.3 Å². The second kappa shape index (κ2) is 4.13. The molecule has 0 N–H and O–H groups in total. The van der Waals surface area contributed by atoms with Crippen LogP contribution in [0.4, 0.5) is 0 Å². The van der Waals surface area contributed by atoms with Gasteiger partial charge in [-0.05, 0) is 35.2 Å². The minimum absolute atomic E-state index is 0.159. The fourth-order valence-corrected chi connectivity index (χ4v) is 1.21. The van der Waals surface area contributed by atoms with Crippen molar-refractivity contribution < 1.29 is 27.3 Å². The number of ether oxygens (including phenoxy) is 1. The second-order valence-electron chi connectivity index (χ2n) is 3.24. The molecule has 1 aromatic rings. The molecular weight excluding hydrogens is 275 g/mol. The molecule has 0 fully saturated rings. The fourth-order valence-electron chi connectivity index (χ4n) is 0.952. The number of hydrogen-bond acceptors (Lipinski definition) is 1. The van der Waals surface area contributed by atoms with E-state index in [2.05, 4.69) is 29.2 Å². The van der Waals surface area contributed by atoms with Crippen LogP contribution in [0.15, 0.2) is 30.8 Å². The summed E-state index contributed by atoms with van der Waals surface area (Å²) in [6.45, 7) is 7.74. The fraction of sp³-hybridized carbons (Fsp3) is 0.273. The number of rotatable bonds is 3. The minimum Gasteiger partial charge on any atom is -0.746 e. The Kier molecular flexibility index (Phi) is 3.36. The van der Waals surface area contributed by atoms with Gasteiger partial charge in [0.15, 0.2) is 0 Å². The summed E-state index contributed by atoms with van der Waals surface area (Å²) in [6, 6.07) is 7.89. The summed E-state index contributed by atoms with van der Waals surface area (Å²) in [7, 11) is 0. The highest BCUT2D eigenvalue weighted by Gasteiger charge is 2.01. The largest absolute Gasteiger partial charge is 0.746 e. The molecule has 13 heavy (non-hydrogen) atoms. The molecule has 1 radical (unpaired) electrons. The maximum Gasteiger partial charge on any atom is 0.117 e. The predicted octanol–water partition coefficient (Wildman–Crippen LogP) is -0.00220. The first-order chi connectivity index (χ1) is 6.01. The van der Waals surface area contributed by atoms with Crippen LogP contribution in [-0.4, -0.2) is 3.61 Å². The number of benzene rings is 1. The van der Waals surface area contributed by atoms with Gasteiger partial charge in [-0.2, -0.15) is 0 Å². The molecule has 0 amide bonds. The highest BCUT2D eigenvalue weighted by atomic mass is 127. The Hall–Kier alpha value is -0.510. The zero-order valence-electron chi connectivity index (χ0n) is 7.88. The monoisotopic (exact) mass is 288 g/mol. The summed E-state index contributed by atoms with van der Waals surface area (Å²) in [5.74, 6) is 0.894. The molecule has 0 saturated carbocycles. The topological polar surface area (TPSA) is 9.23 Å². The standard InChI is InChI=1S/C11H13IO/c1-4-9-5-7-10(8-6-9)13-11(2,3)12/h4-8H,1H2,2-3H3/q-1. The second-order valence-corrected chi connectivity index (χ2v) is 5.84. The molecule has 0 bridgehead atoms. The molecular formula is C11H13IO-. The summed E-state index contributed by atoms with van der Waals surface area (Å²) >= 11 is 2.26. The van der Waals surface area contributed by atoms with E-state index in [1.807, 2.05) is 44.2 Å². The van der Waals surface area contributed by atoms with Crippen LogP contribution in [0, 0.1) is 0 Å². The molecule has 1 aromatic carbocycles. The van der Waals surface area contributed by atoms with E-state index in [9.17, 15) is 0 Å². The molecule has 0 heterocycles. The Bertz CT molecular complexity index is 282. The van der Waals surface area contributed by atoms with Crippen molar-refractivity contribution in [2.45, 2.75) is 17.5 Å². The molecule has 0 unspecified atom stereocenters. The molecule has 1 nitrogen and oxygen atoms in total. The lowest BCUT2D eigenvalue weighted by Gasteiger charge is -2.33. The van der Waals surface area contributed by atoms with E-state index in [0.29, 0.717) is 0 Å². The zero-order valence-corrected chi connectivity index (χ0v) is 10.0. The number of alkyl halides is 1. The van der Waals surface area contributed by atoms with Gasteiger partial charge in [0.2, 0.25) is 0 Å². The van der Waals surface area contributed by atoms with Gasteiger partial charge in [-0.15, -0.1) is 0 Å². The molecule has 0 saturated heterocycles. The van der Waals surface area contributed by atoms with Crippen LogP contribution < -0.4 is 27.3 Å². The normalized spacial score (nSPS) is 11.0. The predicted molar refractivity (Wildman–Crippen MR) is 51.2 cm³/mol. The Morgan fingerprint density at radius 1 is 1.31 bits per heavy atom. The first kappa shape index (κ1) is 10.6. The van der Waals surface area contributed by atoms with Gasteiger partial charge < -0.3 is 27.3 Å². The van der Waals surface area contributed by atoms with Gasteiger partial charge >= 0.3 is 0 Å². The van der Waals surface area contributed by atoms with Gasteiger partial charge in [-0.1, -0.05) is 24.8 Å². The van der Waals surface area contributed by atoms with Crippen molar-refractivity contribution in [1.82, 2.24) is 0 Å². The summed E-state index contributed by atoms with van der Waals surface area (Å²) < 4.78 is 5.49. The molecule has 0 aliphatic heterocycles. The quantitative estimate of drug-likeness (QED) is 0.562. The van der Waals surface area contributed by atoms with Crippen molar-refractivity contribution in [2.75, 3.05) is 0 Å². The van der Waals surface area contributed by atoms with Crippen LogP contribution >= 0.6 is 0 Å². The average Bonchev–Trinajstić information content (AvgIpc) is 2.03. The van der Waals surface area contributed by atoms with Crippen molar-refractivity contribution >= 4 is 6.08 Å². The molecule has 0 aliphatic rings. The third-order valence-electron chi connectivity index (χ3n) is 1.48. The Morgan fingerprint density at radius 2 is 1.85 bits per heavy atom. The first-order valence-corrected chi connectivity index (χ1v) is 5.19. The first-order valence-electron chi connectivity index (χ1n) is 4.12. The van der Waals surface area contributed by atoms with Gasteiger partial charge in [0.25, 0.3) is 0 Å². The van der Waals surface area contributed by atoms with Crippen LogP contribution in [0.2, 0.25) is 0 Å². The van der Waals surface area contributed by atoms with Gasteiger partial charge in [-0.25, -0.2) is 0 Å². The van der Waals surface area contributed by atoms with E-state index >= 15 is 0 Å². The average molecular weight is 288 g/mol. The summed E-state index contributed by atoms with van der Waals surface area (Å²) in [4.78, 5) is 0. The highest BCUT2D eigenvalue weighted by molar-refractivity contribution is 5.48. The van der Waals surface area contributed by atoms with Crippen LogP contribution in [-0.2, 0) is 0 Å². The summed E-state index contributed by atoms with van der Waals surface area (Å²) in [6.07, 6.45) is 1.82. The lowest BCUT2D eigenvalue weighted by atomic mass is 10.2. The van der Waals surface area contributed by atoms with Crippen LogP contribution in [0.25, 0.3) is 6.08 Å². The van der Waals surface area contributed by atoms with Crippen molar-refractivity contribution in [3.63, 3.8) is 0 Å². The lowest BCUT2D eigenvalue weighted by molar-refractivity contribution is -0.523. The number of hydrogen-bond donors (Lipinski definition) is 0. The molecule has 0 aromatic heterocycles. The van der Waals surface area contributed by atoms with Gasteiger partial charge in [0.05, 0.1) is 0 Å². The molecule has 1 rings (SSSR count). The Morgan fingerprint density at radius 3 is 2.23 bits per heavy atom. The van der Waals surface area contributed by atoms with E-state index in [1.54, 1.807) is 0 Å². The number of halogens is 1. The SMILES string of the molecule is C=Cc1ccc(OC(C)(C)[I-])cc1. The molecule has 0 aliphatic carbocycles.